The molecule has 1 aromatic carbocycles. The van der Waals surface area contributed by atoms with Crippen LogP contribution < -0.4 is 0 Å². The SMILES string of the molecule is Fc1ccc([C@@H]2CC3CC4(COC5(CCCCC5)OC4)N2O3)cc1. The lowest BCUT2D eigenvalue weighted by molar-refractivity contribution is -0.334. The van der Waals surface area contributed by atoms with Crippen LogP contribution in [0.4, 0.5) is 4.39 Å². The third-order valence-electron chi connectivity index (χ3n) is 6.18. The largest absolute Gasteiger partial charge is 0.348 e. The Bertz CT molecular complexity index is 604. The van der Waals surface area contributed by atoms with Crippen molar-refractivity contribution in [2.45, 2.75) is 68.4 Å². The molecule has 3 saturated heterocycles. The fourth-order valence-electron chi connectivity index (χ4n) is 4.89. The van der Waals surface area contributed by atoms with E-state index in [9.17, 15) is 4.39 Å². The van der Waals surface area contributed by atoms with Crippen molar-refractivity contribution >= 4 is 0 Å². The summed E-state index contributed by atoms with van der Waals surface area (Å²) in [5.41, 5.74) is 0.918. The van der Waals surface area contributed by atoms with Gasteiger partial charge in [0, 0.05) is 19.3 Å². The van der Waals surface area contributed by atoms with E-state index >= 15 is 0 Å². The summed E-state index contributed by atoms with van der Waals surface area (Å²) in [6.45, 7) is 1.34. The maximum atomic E-state index is 13.2. The zero-order valence-electron chi connectivity index (χ0n) is 13.9. The van der Waals surface area contributed by atoms with Gasteiger partial charge in [-0.05, 0) is 37.0 Å². The average Bonchev–Trinajstić information content (AvgIpc) is 3.18. The average molecular weight is 333 g/mol. The van der Waals surface area contributed by atoms with E-state index < -0.39 is 0 Å². The molecule has 3 heterocycles. The first-order valence-electron chi connectivity index (χ1n) is 9.18. The van der Waals surface area contributed by atoms with Crippen molar-refractivity contribution in [2.75, 3.05) is 13.2 Å². The standard InChI is InChI=1S/C19H24FNO3/c20-15-6-4-14(5-7-15)17-10-16-11-18(21(17)24-16)12-22-19(23-13-18)8-2-1-3-9-19/h4-7,16-17H,1-3,8-13H2/t16?,17-/m0/s1. The molecule has 1 aliphatic carbocycles. The van der Waals surface area contributed by atoms with Crippen LogP contribution in [-0.2, 0) is 14.3 Å². The van der Waals surface area contributed by atoms with Gasteiger partial charge < -0.3 is 9.47 Å². The van der Waals surface area contributed by atoms with Crippen LogP contribution in [0, 0.1) is 5.82 Å². The number of rotatable bonds is 1. The van der Waals surface area contributed by atoms with Gasteiger partial charge in [0.05, 0.1) is 30.9 Å². The number of hydrogen-bond donors (Lipinski definition) is 0. The Morgan fingerprint density at radius 1 is 1.00 bits per heavy atom. The minimum Gasteiger partial charge on any atom is -0.348 e. The van der Waals surface area contributed by atoms with Gasteiger partial charge in [0.2, 0.25) is 0 Å². The topological polar surface area (TPSA) is 30.9 Å². The molecule has 2 spiro atoms. The van der Waals surface area contributed by atoms with Crippen molar-refractivity contribution < 1.29 is 18.7 Å². The number of nitrogens with zero attached hydrogens (tertiary/aromatic N) is 1. The second kappa shape index (κ2) is 5.49. The van der Waals surface area contributed by atoms with Crippen LogP contribution >= 0.6 is 0 Å². The van der Waals surface area contributed by atoms with Gasteiger partial charge in [-0.25, -0.2) is 4.39 Å². The lowest BCUT2D eigenvalue weighted by Crippen LogP contribution is -2.60. The highest BCUT2D eigenvalue weighted by Gasteiger charge is 2.59. The molecule has 2 unspecified atom stereocenters. The molecule has 130 valence electrons. The zero-order valence-corrected chi connectivity index (χ0v) is 13.9. The van der Waals surface area contributed by atoms with Crippen molar-refractivity contribution in [1.82, 2.24) is 5.06 Å². The van der Waals surface area contributed by atoms with Gasteiger partial charge in [-0.2, -0.15) is 5.06 Å². The van der Waals surface area contributed by atoms with Gasteiger partial charge in [0.15, 0.2) is 5.79 Å². The van der Waals surface area contributed by atoms with Gasteiger partial charge in [-0.15, -0.1) is 0 Å². The minimum atomic E-state index is -0.349. The minimum absolute atomic E-state index is 0.164. The van der Waals surface area contributed by atoms with Crippen molar-refractivity contribution in [3.05, 3.63) is 35.6 Å². The maximum Gasteiger partial charge on any atom is 0.168 e. The third kappa shape index (κ3) is 2.33. The fourth-order valence-corrected chi connectivity index (χ4v) is 4.89. The predicted octanol–water partition coefficient (Wildman–Crippen LogP) is 3.72. The molecule has 0 aromatic heterocycles. The summed E-state index contributed by atoms with van der Waals surface area (Å²) in [5.74, 6) is -0.547. The quantitative estimate of drug-likeness (QED) is 0.784. The Balaban J connectivity index is 1.35. The molecule has 4 fully saturated rings. The second-order valence-electron chi connectivity index (χ2n) is 7.83. The van der Waals surface area contributed by atoms with Crippen LogP contribution in [0.1, 0.15) is 56.6 Å². The highest BCUT2D eigenvalue weighted by atomic mass is 19.1. The van der Waals surface area contributed by atoms with Crippen LogP contribution in [-0.4, -0.2) is 35.7 Å². The molecule has 5 rings (SSSR count). The van der Waals surface area contributed by atoms with Crippen LogP contribution in [0.2, 0.25) is 0 Å². The van der Waals surface area contributed by atoms with Crippen LogP contribution in [0.15, 0.2) is 24.3 Å². The molecule has 0 radical (unpaired) electrons. The number of halogens is 1. The smallest absolute Gasteiger partial charge is 0.168 e. The molecule has 0 amide bonds. The first-order chi connectivity index (χ1) is 11.7. The summed E-state index contributed by atoms with van der Waals surface area (Å²) in [5, 5.41) is 2.10. The van der Waals surface area contributed by atoms with E-state index in [1.165, 1.54) is 31.4 Å². The van der Waals surface area contributed by atoms with E-state index in [2.05, 4.69) is 5.06 Å². The van der Waals surface area contributed by atoms with Crippen molar-refractivity contribution in [3.8, 4) is 0 Å². The number of piperidine rings is 1. The molecule has 3 atom stereocenters. The molecule has 4 nitrogen and oxygen atoms in total. The molecular weight excluding hydrogens is 309 g/mol. The first kappa shape index (κ1) is 15.3. The van der Waals surface area contributed by atoms with Gasteiger partial charge in [0.25, 0.3) is 0 Å². The van der Waals surface area contributed by atoms with Crippen LogP contribution in [0.3, 0.4) is 0 Å². The Labute approximate surface area is 141 Å². The molecule has 1 aromatic rings. The van der Waals surface area contributed by atoms with Crippen molar-refractivity contribution in [1.29, 1.82) is 0 Å². The summed E-state index contributed by atoms with van der Waals surface area (Å²) in [4.78, 5) is 6.12. The Hall–Kier alpha value is -1.01. The highest BCUT2D eigenvalue weighted by molar-refractivity contribution is 5.23. The molecule has 24 heavy (non-hydrogen) atoms. The summed E-state index contributed by atoms with van der Waals surface area (Å²) >= 11 is 0. The van der Waals surface area contributed by atoms with E-state index in [4.69, 9.17) is 14.3 Å². The van der Waals surface area contributed by atoms with E-state index in [-0.39, 0.29) is 29.3 Å². The predicted molar refractivity (Wildman–Crippen MR) is 85.5 cm³/mol. The summed E-state index contributed by atoms with van der Waals surface area (Å²) in [6, 6.07) is 6.95. The first-order valence-corrected chi connectivity index (χ1v) is 9.18. The van der Waals surface area contributed by atoms with E-state index in [0.29, 0.717) is 13.2 Å². The zero-order chi connectivity index (χ0) is 16.2. The Morgan fingerprint density at radius 2 is 1.71 bits per heavy atom. The molecule has 0 N–H and O–H groups in total. The summed E-state index contributed by atoms with van der Waals surface area (Å²) in [7, 11) is 0. The number of hydroxylamine groups is 2. The summed E-state index contributed by atoms with van der Waals surface area (Å²) in [6.07, 6.45) is 7.81. The Kier molecular flexibility index (Phi) is 3.49. The summed E-state index contributed by atoms with van der Waals surface area (Å²) < 4.78 is 25.8. The van der Waals surface area contributed by atoms with Crippen molar-refractivity contribution in [3.63, 3.8) is 0 Å². The number of hydrogen-bond acceptors (Lipinski definition) is 4. The number of ether oxygens (including phenoxy) is 2. The van der Waals surface area contributed by atoms with Gasteiger partial charge in [-0.1, -0.05) is 18.6 Å². The second-order valence-corrected chi connectivity index (χ2v) is 7.83. The normalized spacial score (nSPS) is 36.5. The molecular formula is C19H24FNO3. The fraction of sp³-hybridized carbons (Fsp3) is 0.684. The van der Waals surface area contributed by atoms with Crippen LogP contribution in [0.25, 0.3) is 0 Å². The van der Waals surface area contributed by atoms with Gasteiger partial charge in [-0.3, -0.25) is 4.84 Å². The van der Waals surface area contributed by atoms with Gasteiger partial charge in [0.1, 0.15) is 5.82 Å². The molecule has 2 bridgehead atoms. The Morgan fingerprint density at radius 3 is 2.38 bits per heavy atom. The van der Waals surface area contributed by atoms with Crippen LogP contribution in [0.5, 0.6) is 0 Å². The van der Waals surface area contributed by atoms with E-state index in [0.717, 1.165) is 31.2 Å². The molecule has 5 heteroatoms. The number of fused-ring (bicyclic) bond motifs is 3. The van der Waals surface area contributed by atoms with Gasteiger partial charge >= 0.3 is 0 Å². The highest BCUT2D eigenvalue weighted by Crippen LogP contribution is 2.52. The monoisotopic (exact) mass is 333 g/mol. The van der Waals surface area contributed by atoms with E-state index in [1.807, 2.05) is 12.1 Å². The lowest BCUT2D eigenvalue weighted by atomic mass is 9.83. The third-order valence-corrected chi connectivity index (χ3v) is 6.18. The molecule has 4 aliphatic rings. The molecule has 3 aliphatic heterocycles. The molecule has 1 saturated carbocycles. The van der Waals surface area contributed by atoms with E-state index in [1.54, 1.807) is 0 Å². The number of benzene rings is 1. The lowest BCUT2D eigenvalue weighted by Gasteiger charge is -2.50. The maximum absolute atomic E-state index is 13.2. The van der Waals surface area contributed by atoms with Crippen molar-refractivity contribution in [2.24, 2.45) is 0 Å².